The molecule has 5 aromatic rings. The van der Waals surface area contributed by atoms with E-state index in [-0.39, 0.29) is 13.2 Å². The minimum atomic E-state index is -0.965. The Kier molecular flexibility index (Phi) is 11.1. The first-order chi connectivity index (χ1) is 23.5. The van der Waals surface area contributed by atoms with Gasteiger partial charge in [0.1, 0.15) is 35.1 Å². The molecule has 248 valence electrons. The Morgan fingerprint density at radius 1 is 0.896 bits per heavy atom. The number of H-pyrrole nitrogens is 1. The van der Waals surface area contributed by atoms with Crippen molar-refractivity contribution in [3.63, 3.8) is 0 Å². The molecule has 2 aromatic heterocycles. The zero-order chi connectivity index (χ0) is 33.3. The van der Waals surface area contributed by atoms with Crippen molar-refractivity contribution in [2.45, 2.75) is 55.7 Å². The van der Waals surface area contributed by atoms with Gasteiger partial charge in [-0.2, -0.15) is 0 Å². The van der Waals surface area contributed by atoms with Crippen LogP contribution >= 0.6 is 11.8 Å². The van der Waals surface area contributed by atoms with Gasteiger partial charge in [-0.05, 0) is 23.3 Å². The summed E-state index contributed by atoms with van der Waals surface area (Å²) in [6.07, 6.45) is -0.477. The summed E-state index contributed by atoms with van der Waals surface area (Å²) in [4.78, 5) is 48.3. The molecule has 0 amide bonds. The number of fused-ring (bicyclic) bond motifs is 1. The summed E-state index contributed by atoms with van der Waals surface area (Å²) in [5.41, 5.74) is 3.35. The van der Waals surface area contributed by atoms with E-state index >= 15 is 0 Å². The molecule has 12 nitrogen and oxygen atoms in total. The Hall–Kier alpha value is -4.66. The lowest BCUT2D eigenvalue weighted by Crippen LogP contribution is -2.66. The highest BCUT2D eigenvalue weighted by atomic mass is 32.2. The van der Waals surface area contributed by atoms with Crippen molar-refractivity contribution in [1.82, 2.24) is 25.0 Å². The minimum Gasteiger partial charge on any atom is -0.457 e. The van der Waals surface area contributed by atoms with Crippen LogP contribution in [0, 0.1) is 0 Å². The van der Waals surface area contributed by atoms with E-state index in [4.69, 9.17) is 23.8 Å². The molecular weight excluding hydrogens is 634 g/mol. The second kappa shape index (κ2) is 16.0. The summed E-state index contributed by atoms with van der Waals surface area (Å²) in [6, 6.07) is 27.0. The van der Waals surface area contributed by atoms with Gasteiger partial charge in [0.15, 0.2) is 18.0 Å². The number of thioether (sulfide) groups is 1. The van der Waals surface area contributed by atoms with E-state index in [9.17, 15) is 9.59 Å². The SMILES string of the molecule is CO[C@H]1O[C@H](CSc2ncnc3nc[nH]c23)[C@@H](OC(C)=O)[C@H](OCc2ccccc2)[C@H]1N(Cc1ccccc1)OC(=O)c1ccccc1. The number of methoxy groups -OCH3 is 1. The van der Waals surface area contributed by atoms with E-state index in [0.29, 0.717) is 27.5 Å². The second-order valence-corrected chi connectivity index (χ2v) is 12.0. The van der Waals surface area contributed by atoms with Crippen LogP contribution in [-0.2, 0) is 41.7 Å². The number of benzene rings is 3. The fourth-order valence-electron chi connectivity index (χ4n) is 5.52. The number of carbonyl (C=O) groups is 2. The standard InChI is InChI=1S/C35H35N5O7S/c1-23(41)45-30-27(20-48-33-28-32(37-21-36-28)38-22-39-33)46-35(43-2)29(31(30)44-19-25-14-8-4-9-15-25)40(18-24-12-6-3-7-13-24)47-34(42)26-16-10-5-11-17-26/h3-17,21-22,27,29-31,35H,18-20H2,1-2H3,(H,36,37,38,39)/t27-,29-,30-,31-,35+/m1/s1. The fraction of sp³-hybridized carbons (Fsp3) is 0.286. The monoisotopic (exact) mass is 669 g/mol. The third-order valence-electron chi connectivity index (χ3n) is 7.73. The molecule has 0 bridgehead atoms. The Morgan fingerprint density at radius 3 is 2.27 bits per heavy atom. The van der Waals surface area contributed by atoms with Crippen molar-refractivity contribution in [2.24, 2.45) is 0 Å². The van der Waals surface area contributed by atoms with Crippen LogP contribution < -0.4 is 0 Å². The average molecular weight is 670 g/mol. The van der Waals surface area contributed by atoms with Crippen LogP contribution in [0.1, 0.15) is 28.4 Å². The van der Waals surface area contributed by atoms with Crippen LogP contribution in [-0.4, -0.2) is 80.4 Å². The number of hydrogen-bond donors (Lipinski definition) is 1. The lowest BCUT2D eigenvalue weighted by molar-refractivity contribution is -0.319. The Labute approximate surface area is 281 Å². The van der Waals surface area contributed by atoms with Crippen molar-refractivity contribution in [3.8, 4) is 0 Å². The molecule has 0 unspecified atom stereocenters. The number of aromatic amines is 1. The summed E-state index contributed by atoms with van der Waals surface area (Å²) < 4.78 is 25.2. The van der Waals surface area contributed by atoms with E-state index in [0.717, 1.165) is 11.1 Å². The Balaban J connectivity index is 1.37. The van der Waals surface area contributed by atoms with E-state index in [2.05, 4.69) is 19.9 Å². The number of rotatable bonds is 13. The van der Waals surface area contributed by atoms with Crippen molar-refractivity contribution >= 4 is 34.9 Å². The maximum Gasteiger partial charge on any atom is 0.357 e. The normalized spacial score (nSPS) is 20.9. The van der Waals surface area contributed by atoms with E-state index in [1.165, 1.54) is 37.2 Å². The molecule has 1 saturated heterocycles. The Bertz CT molecular complexity index is 1780. The summed E-state index contributed by atoms with van der Waals surface area (Å²) >= 11 is 1.39. The number of hydrogen-bond acceptors (Lipinski definition) is 12. The second-order valence-electron chi connectivity index (χ2n) is 11.0. The first-order valence-electron chi connectivity index (χ1n) is 15.4. The topological polar surface area (TPSA) is 138 Å². The number of carbonyl (C=O) groups excluding carboxylic acids is 2. The van der Waals surface area contributed by atoms with Gasteiger partial charge in [0.2, 0.25) is 0 Å². The first-order valence-corrected chi connectivity index (χ1v) is 16.3. The molecule has 3 heterocycles. The van der Waals surface area contributed by atoms with Crippen molar-refractivity contribution in [1.29, 1.82) is 0 Å². The molecule has 1 fully saturated rings. The van der Waals surface area contributed by atoms with Crippen LogP contribution in [0.3, 0.4) is 0 Å². The molecule has 0 radical (unpaired) electrons. The molecule has 1 aliphatic heterocycles. The predicted octanol–water partition coefficient (Wildman–Crippen LogP) is 4.98. The van der Waals surface area contributed by atoms with Gasteiger partial charge in [-0.15, -0.1) is 16.8 Å². The van der Waals surface area contributed by atoms with Gasteiger partial charge in [-0.1, -0.05) is 78.9 Å². The van der Waals surface area contributed by atoms with Gasteiger partial charge in [-0.25, -0.2) is 19.7 Å². The number of nitrogens with one attached hydrogen (secondary N) is 1. The van der Waals surface area contributed by atoms with Gasteiger partial charge in [-0.3, -0.25) is 4.79 Å². The highest BCUT2D eigenvalue weighted by Gasteiger charge is 2.52. The zero-order valence-electron chi connectivity index (χ0n) is 26.4. The van der Waals surface area contributed by atoms with E-state index in [1.807, 2.05) is 66.7 Å². The molecular formula is C35H35N5O7S. The quantitative estimate of drug-likeness (QED) is 0.0784. The maximum atomic E-state index is 13.5. The average Bonchev–Trinajstić information content (AvgIpc) is 3.61. The number of aromatic nitrogens is 4. The minimum absolute atomic E-state index is 0.170. The van der Waals surface area contributed by atoms with E-state index < -0.39 is 42.6 Å². The molecule has 0 aliphatic carbocycles. The zero-order valence-corrected chi connectivity index (χ0v) is 27.2. The third-order valence-corrected chi connectivity index (χ3v) is 8.81. The molecule has 3 aromatic carbocycles. The van der Waals surface area contributed by atoms with Crippen LogP contribution in [0.5, 0.6) is 0 Å². The molecule has 13 heteroatoms. The number of imidazole rings is 1. The van der Waals surface area contributed by atoms with Gasteiger partial charge >= 0.3 is 11.9 Å². The Morgan fingerprint density at radius 2 is 1.58 bits per heavy atom. The van der Waals surface area contributed by atoms with Gasteiger partial charge in [0, 0.05) is 19.8 Å². The van der Waals surface area contributed by atoms with Gasteiger partial charge in [0.25, 0.3) is 0 Å². The van der Waals surface area contributed by atoms with Crippen LogP contribution in [0.25, 0.3) is 11.2 Å². The smallest absolute Gasteiger partial charge is 0.357 e. The molecule has 1 N–H and O–H groups in total. The van der Waals surface area contributed by atoms with Crippen molar-refractivity contribution in [2.75, 3.05) is 12.9 Å². The number of esters is 1. The lowest BCUT2D eigenvalue weighted by atomic mass is 9.96. The maximum absolute atomic E-state index is 13.5. The van der Waals surface area contributed by atoms with E-state index in [1.54, 1.807) is 30.6 Å². The molecule has 0 spiro atoms. The molecule has 5 atom stereocenters. The molecule has 1 aliphatic rings. The van der Waals surface area contributed by atoms with Gasteiger partial charge < -0.3 is 28.8 Å². The highest BCUT2D eigenvalue weighted by Crippen LogP contribution is 2.35. The fourth-order valence-corrected chi connectivity index (χ4v) is 6.53. The lowest BCUT2D eigenvalue weighted by Gasteiger charge is -2.48. The summed E-state index contributed by atoms with van der Waals surface area (Å²) in [6.45, 7) is 1.69. The number of ether oxygens (including phenoxy) is 4. The highest BCUT2D eigenvalue weighted by molar-refractivity contribution is 7.99. The predicted molar refractivity (Wildman–Crippen MR) is 176 cm³/mol. The molecule has 0 saturated carbocycles. The molecule has 48 heavy (non-hydrogen) atoms. The first kappa shape index (κ1) is 33.2. The molecule has 6 rings (SSSR count). The van der Waals surface area contributed by atoms with Crippen molar-refractivity contribution < 1.29 is 33.4 Å². The van der Waals surface area contributed by atoms with Crippen LogP contribution in [0.2, 0.25) is 0 Å². The summed E-state index contributed by atoms with van der Waals surface area (Å²) in [5.74, 6) is -0.781. The third kappa shape index (κ3) is 8.06. The summed E-state index contributed by atoms with van der Waals surface area (Å²) in [5, 5.41) is 2.16. The van der Waals surface area contributed by atoms with Crippen LogP contribution in [0.15, 0.2) is 109 Å². The van der Waals surface area contributed by atoms with Crippen molar-refractivity contribution in [3.05, 3.63) is 120 Å². The number of nitrogens with zero attached hydrogens (tertiary/aromatic N) is 4. The summed E-state index contributed by atoms with van der Waals surface area (Å²) in [7, 11) is 1.51. The van der Waals surface area contributed by atoms with Gasteiger partial charge in [0.05, 0.1) is 25.0 Å². The van der Waals surface area contributed by atoms with Crippen LogP contribution in [0.4, 0.5) is 0 Å². The number of hydroxylamine groups is 2. The largest absolute Gasteiger partial charge is 0.457 e.